The van der Waals surface area contributed by atoms with E-state index in [0.717, 1.165) is 0 Å². The van der Waals surface area contributed by atoms with Crippen LogP contribution in [0.2, 0.25) is 0 Å². The molecule has 1 aromatic rings. The molecule has 122 valence electrons. The molecule has 3 nitrogen and oxygen atoms in total. The molecule has 0 spiro atoms. The second-order valence-electron chi connectivity index (χ2n) is 4.45. The van der Waals surface area contributed by atoms with E-state index < -0.39 is 18.3 Å². The maximum absolute atomic E-state index is 13.8. The Bertz CT molecular complexity index is 432. The van der Waals surface area contributed by atoms with Gasteiger partial charge >= 0.3 is 0 Å². The summed E-state index contributed by atoms with van der Waals surface area (Å²) in [5.41, 5.74) is -0.00347. The first-order valence-electron chi connectivity index (χ1n) is 6.20. The third-order valence-corrected chi connectivity index (χ3v) is 3.31. The molecule has 0 aliphatic carbocycles. The SMILES string of the molecule is COc1ccc(F)c([C@@H](C(F)F)N2CCNCC2)c1.Cl.Cl. The molecule has 0 unspecified atom stereocenters. The summed E-state index contributed by atoms with van der Waals surface area (Å²) in [6, 6.07) is 2.73. The predicted octanol–water partition coefficient (Wildman–Crippen LogP) is 2.89. The normalized spacial score (nSPS) is 16.8. The summed E-state index contributed by atoms with van der Waals surface area (Å²) in [5, 5.41) is 3.09. The molecule has 0 aromatic heterocycles. The molecule has 1 fully saturated rings. The van der Waals surface area contributed by atoms with Crippen molar-refractivity contribution in [3.63, 3.8) is 0 Å². The molecule has 0 bridgehead atoms. The van der Waals surface area contributed by atoms with Crippen molar-refractivity contribution >= 4 is 24.8 Å². The van der Waals surface area contributed by atoms with Gasteiger partial charge in [-0.15, -0.1) is 24.8 Å². The standard InChI is InChI=1S/C13H17F3N2O.2ClH/c1-19-9-2-3-11(14)10(8-9)12(13(15)16)18-6-4-17-5-7-18;;/h2-3,8,12-13,17H,4-7H2,1H3;2*1H/t12-;;/m0../s1. The highest BCUT2D eigenvalue weighted by Gasteiger charge is 2.32. The Balaban J connectivity index is 0.00000200. The molecule has 21 heavy (non-hydrogen) atoms. The zero-order chi connectivity index (χ0) is 13.8. The van der Waals surface area contributed by atoms with Gasteiger partial charge in [0.25, 0.3) is 6.43 Å². The highest BCUT2D eigenvalue weighted by Crippen LogP contribution is 2.32. The predicted molar refractivity (Wildman–Crippen MR) is 80.6 cm³/mol. The minimum absolute atomic E-state index is 0. The Hall–Kier alpha value is -0.690. The third-order valence-electron chi connectivity index (χ3n) is 3.31. The molecular weight excluding hydrogens is 328 g/mol. The van der Waals surface area contributed by atoms with Gasteiger partial charge < -0.3 is 10.1 Å². The molecule has 0 radical (unpaired) electrons. The van der Waals surface area contributed by atoms with Crippen LogP contribution in [0.4, 0.5) is 13.2 Å². The fraction of sp³-hybridized carbons (Fsp3) is 0.538. The van der Waals surface area contributed by atoms with Gasteiger partial charge in [-0.1, -0.05) is 0 Å². The number of methoxy groups -OCH3 is 1. The van der Waals surface area contributed by atoms with Crippen LogP contribution in [0, 0.1) is 5.82 Å². The molecule has 1 heterocycles. The molecule has 2 rings (SSSR count). The van der Waals surface area contributed by atoms with Crippen LogP contribution in [0.5, 0.6) is 5.75 Å². The monoisotopic (exact) mass is 346 g/mol. The lowest BCUT2D eigenvalue weighted by Crippen LogP contribution is -2.47. The van der Waals surface area contributed by atoms with E-state index in [2.05, 4.69) is 5.32 Å². The van der Waals surface area contributed by atoms with E-state index in [1.54, 1.807) is 4.90 Å². The van der Waals surface area contributed by atoms with E-state index in [1.807, 2.05) is 0 Å². The number of halogens is 5. The quantitative estimate of drug-likeness (QED) is 0.907. The van der Waals surface area contributed by atoms with E-state index in [9.17, 15) is 13.2 Å². The fourth-order valence-electron chi connectivity index (χ4n) is 2.33. The van der Waals surface area contributed by atoms with Crippen molar-refractivity contribution in [2.24, 2.45) is 0 Å². The first kappa shape index (κ1) is 20.3. The fourth-order valence-corrected chi connectivity index (χ4v) is 2.33. The third kappa shape index (κ3) is 4.92. The van der Waals surface area contributed by atoms with Gasteiger partial charge in [-0.2, -0.15) is 0 Å². The lowest BCUT2D eigenvalue weighted by molar-refractivity contribution is 0.0163. The Morgan fingerprint density at radius 2 is 1.81 bits per heavy atom. The van der Waals surface area contributed by atoms with Crippen LogP contribution in [0.15, 0.2) is 18.2 Å². The second-order valence-corrected chi connectivity index (χ2v) is 4.45. The van der Waals surface area contributed by atoms with Gasteiger partial charge in [0, 0.05) is 31.7 Å². The number of piperazine rings is 1. The van der Waals surface area contributed by atoms with Crippen LogP contribution in [0.25, 0.3) is 0 Å². The van der Waals surface area contributed by atoms with Crippen LogP contribution in [-0.2, 0) is 0 Å². The minimum atomic E-state index is -2.64. The summed E-state index contributed by atoms with van der Waals surface area (Å²) in [7, 11) is 1.43. The van der Waals surface area contributed by atoms with Gasteiger partial charge in [0.15, 0.2) is 0 Å². The summed E-state index contributed by atoms with van der Waals surface area (Å²) in [5.74, 6) is -0.234. The van der Waals surface area contributed by atoms with E-state index in [1.165, 1.54) is 25.3 Å². The van der Waals surface area contributed by atoms with Crippen LogP contribution in [-0.4, -0.2) is 44.6 Å². The van der Waals surface area contributed by atoms with Crippen LogP contribution in [0.3, 0.4) is 0 Å². The van der Waals surface area contributed by atoms with Crippen molar-refractivity contribution < 1.29 is 17.9 Å². The zero-order valence-electron chi connectivity index (χ0n) is 11.5. The second kappa shape index (κ2) is 9.35. The van der Waals surface area contributed by atoms with E-state index in [0.29, 0.717) is 31.9 Å². The Morgan fingerprint density at radius 1 is 1.19 bits per heavy atom. The van der Waals surface area contributed by atoms with Crippen molar-refractivity contribution in [2.75, 3.05) is 33.3 Å². The maximum atomic E-state index is 13.8. The van der Waals surface area contributed by atoms with Crippen LogP contribution < -0.4 is 10.1 Å². The van der Waals surface area contributed by atoms with Crippen molar-refractivity contribution in [3.8, 4) is 5.75 Å². The Morgan fingerprint density at radius 3 is 2.33 bits per heavy atom. The number of alkyl halides is 2. The van der Waals surface area contributed by atoms with Gasteiger partial charge in [-0.05, 0) is 18.2 Å². The number of nitrogens with one attached hydrogen (secondary N) is 1. The van der Waals surface area contributed by atoms with Crippen LogP contribution >= 0.6 is 24.8 Å². The molecular formula is C13H19Cl2F3N2O. The van der Waals surface area contributed by atoms with E-state index >= 15 is 0 Å². The molecule has 1 aromatic carbocycles. The smallest absolute Gasteiger partial charge is 0.258 e. The van der Waals surface area contributed by atoms with Crippen molar-refractivity contribution in [1.29, 1.82) is 0 Å². The largest absolute Gasteiger partial charge is 0.497 e. The lowest BCUT2D eigenvalue weighted by atomic mass is 10.0. The van der Waals surface area contributed by atoms with E-state index in [-0.39, 0.29) is 30.4 Å². The van der Waals surface area contributed by atoms with Gasteiger partial charge in [0.2, 0.25) is 0 Å². The highest BCUT2D eigenvalue weighted by atomic mass is 35.5. The average Bonchev–Trinajstić information content (AvgIpc) is 2.42. The molecule has 1 atom stereocenters. The number of benzene rings is 1. The van der Waals surface area contributed by atoms with Gasteiger partial charge in [0.1, 0.15) is 11.6 Å². The van der Waals surface area contributed by atoms with Gasteiger partial charge in [-0.25, -0.2) is 13.2 Å². The van der Waals surface area contributed by atoms with Gasteiger partial charge in [-0.3, -0.25) is 4.90 Å². The molecule has 1 N–H and O–H groups in total. The van der Waals surface area contributed by atoms with Crippen molar-refractivity contribution in [2.45, 2.75) is 12.5 Å². The summed E-state index contributed by atoms with van der Waals surface area (Å²) >= 11 is 0. The molecule has 0 saturated carbocycles. The molecule has 1 aliphatic heterocycles. The Labute approximate surface area is 134 Å². The summed E-state index contributed by atoms with van der Waals surface area (Å²) < 4.78 is 45.5. The van der Waals surface area contributed by atoms with Crippen molar-refractivity contribution in [3.05, 3.63) is 29.6 Å². The van der Waals surface area contributed by atoms with Crippen LogP contribution in [0.1, 0.15) is 11.6 Å². The summed E-state index contributed by atoms with van der Waals surface area (Å²) in [6.45, 7) is 2.22. The Kier molecular flexibility index (Phi) is 9.04. The molecule has 8 heteroatoms. The number of ether oxygens (including phenoxy) is 1. The lowest BCUT2D eigenvalue weighted by Gasteiger charge is -2.34. The number of rotatable bonds is 4. The summed E-state index contributed by atoms with van der Waals surface area (Å²) in [6.07, 6.45) is -2.64. The average molecular weight is 347 g/mol. The summed E-state index contributed by atoms with van der Waals surface area (Å²) in [4.78, 5) is 1.61. The topological polar surface area (TPSA) is 24.5 Å². The van der Waals surface area contributed by atoms with Gasteiger partial charge in [0.05, 0.1) is 13.2 Å². The first-order chi connectivity index (χ1) is 9.13. The maximum Gasteiger partial charge on any atom is 0.258 e. The molecule has 1 aliphatic rings. The molecule has 1 saturated heterocycles. The number of nitrogens with zero attached hydrogens (tertiary/aromatic N) is 1. The highest BCUT2D eigenvalue weighted by molar-refractivity contribution is 5.85. The number of hydrogen-bond donors (Lipinski definition) is 1. The zero-order valence-corrected chi connectivity index (χ0v) is 13.2. The van der Waals surface area contributed by atoms with Crippen molar-refractivity contribution in [1.82, 2.24) is 10.2 Å². The number of hydrogen-bond acceptors (Lipinski definition) is 3. The molecule has 0 amide bonds. The van der Waals surface area contributed by atoms with E-state index in [4.69, 9.17) is 4.74 Å². The minimum Gasteiger partial charge on any atom is -0.497 e. The first-order valence-corrected chi connectivity index (χ1v) is 6.20.